The zero-order valence-corrected chi connectivity index (χ0v) is 19.2. The lowest BCUT2D eigenvalue weighted by atomic mass is 10.1. The van der Waals surface area contributed by atoms with Crippen molar-refractivity contribution >= 4 is 38.9 Å². The molecule has 33 heavy (non-hydrogen) atoms. The van der Waals surface area contributed by atoms with E-state index in [1.54, 1.807) is 41.8 Å². The van der Waals surface area contributed by atoms with E-state index in [-0.39, 0.29) is 22.6 Å². The number of hydrogen-bond acceptors (Lipinski definition) is 7. The molecule has 0 spiro atoms. The Bertz CT molecular complexity index is 1270. The lowest BCUT2D eigenvalue weighted by Crippen LogP contribution is -2.42. The summed E-state index contributed by atoms with van der Waals surface area (Å²) in [6.07, 6.45) is 0. The maximum Gasteiger partial charge on any atom is 0.262 e. The Morgan fingerprint density at radius 2 is 1.64 bits per heavy atom. The molecular formula is C23H20N2O6S2. The molecule has 170 valence electrons. The number of nitrogens with one attached hydrogen (secondary N) is 1. The Hall–Kier alpha value is -3.50. The van der Waals surface area contributed by atoms with Crippen molar-refractivity contribution in [1.82, 2.24) is 10.2 Å². The summed E-state index contributed by atoms with van der Waals surface area (Å²) in [6, 6.07) is 15.8. The second-order valence-electron chi connectivity index (χ2n) is 7.27. The molecule has 0 aliphatic carbocycles. The molecule has 0 fully saturated rings. The van der Waals surface area contributed by atoms with Gasteiger partial charge in [-0.05, 0) is 47.8 Å². The third-order valence-corrected chi connectivity index (χ3v) is 8.52. The molecule has 10 heteroatoms. The number of amides is 3. The predicted octanol–water partition coefficient (Wildman–Crippen LogP) is 2.68. The van der Waals surface area contributed by atoms with Crippen LogP contribution in [0.4, 0.5) is 0 Å². The largest absolute Gasteiger partial charge is 0.497 e. The first-order chi connectivity index (χ1) is 15.8. The molecule has 0 saturated carbocycles. The molecule has 8 nitrogen and oxygen atoms in total. The van der Waals surface area contributed by atoms with Gasteiger partial charge in [0.15, 0.2) is 9.84 Å². The third kappa shape index (κ3) is 4.39. The van der Waals surface area contributed by atoms with Gasteiger partial charge in [-0.1, -0.05) is 18.2 Å². The number of imide groups is 1. The van der Waals surface area contributed by atoms with Crippen molar-refractivity contribution in [2.24, 2.45) is 0 Å². The van der Waals surface area contributed by atoms with Gasteiger partial charge in [-0.3, -0.25) is 19.3 Å². The third-order valence-electron chi connectivity index (χ3n) is 5.29. The van der Waals surface area contributed by atoms with Gasteiger partial charge in [-0.15, -0.1) is 11.3 Å². The van der Waals surface area contributed by atoms with Gasteiger partial charge < -0.3 is 10.1 Å². The number of benzene rings is 2. The fourth-order valence-corrected chi connectivity index (χ4v) is 6.34. The van der Waals surface area contributed by atoms with Gasteiger partial charge in [-0.2, -0.15) is 0 Å². The molecule has 4 rings (SSSR count). The van der Waals surface area contributed by atoms with Gasteiger partial charge in [-0.25, -0.2) is 8.42 Å². The molecule has 0 radical (unpaired) electrons. The summed E-state index contributed by atoms with van der Waals surface area (Å²) in [4.78, 5) is 39.1. The van der Waals surface area contributed by atoms with E-state index in [4.69, 9.17) is 4.74 Å². The van der Waals surface area contributed by atoms with Crippen LogP contribution in [0.1, 0.15) is 30.8 Å². The topological polar surface area (TPSA) is 110 Å². The normalized spacial score (nSPS) is 14.2. The first-order valence-corrected chi connectivity index (χ1v) is 12.4. The van der Waals surface area contributed by atoms with Crippen LogP contribution in [0.5, 0.6) is 5.75 Å². The van der Waals surface area contributed by atoms with Crippen LogP contribution < -0.4 is 10.1 Å². The molecule has 0 saturated heterocycles. The Balaban J connectivity index is 1.50. The van der Waals surface area contributed by atoms with Gasteiger partial charge in [0.2, 0.25) is 5.91 Å². The van der Waals surface area contributed by atoms with Crippen molar-refractivity contribution in [2.75, 3.05) is 20.2 Å². The Kier molecular flexibility index (Phi) is 6.30. The smallest absolute Gasteiger partial charge is 0.262 e. The molecule has 1 aliphatic rings. The van der Waals surface area contributed by atoms with E-state index >= 15 is 0 Å². The molecule has 2 heterocycles. The number of carbonyl (C=O) groups excluding carboxylic acids is 3. The number of fused-ring (bicyclic) bond motifs is 1. The van der Waals surface area contributed by atoms with Crippen molar-refractivity contribution in [1.29, 1.82) is 0 Å². The SMILES string of the molecule is COc1ccc(S(=O)(=O)[C@@H](CNC(=O)CN2C(=O)c3ccccc3C2=O)c2cccs2)cc1. The quantitative estimate of drug-likeness (QED) is 0.493. The summed E-state index contributed by atoms with van der Waals surface area (Å²) in [7, 11) is -2.36. The molecule has 2 aromatic carbocycles. The Morgan fingerprint density at radius 1 is 1.00 bits per heavy atom. The zero-order valence-electron chi connectivity index (χ0n) is 17.6. The van der Waals surface area contributed by atoms with Crippen LogP contribution >= 0.6 is 11.3 Å². The van der Waals surface area contributed by atoms with E-state index in [0.29, 0.717) is 10.6 Å². The highest BCUT2D eigenvalue weighted by molar-refractivity contribution is 7.91. The summed E-state index contributed by atoms with van der Waals surface area (Å²) in [5, 5.41) is 3.31. The lowest BCUT2D eigenvalue weighted by molar-refractivity contribution is -0.121. The maximum absolute atomic E-state index is 13.3. The Morgan fingerprint density at radius 3 is 2.18 bits per heavy atom. The minimum absolute atomic E-state index is 0.0938. The minimum Gasteiger partial charge on any atom is -0.497 e. The van der Waals surface area contributed by atoms with Crippen molar-refractivity contribution in [2.45, 2.75) is 10.1 Å². The second-order valence-corrected chi connectivity index (χ2v) is 10.4. The van der Waals surface area contributed by atoms with E-state index in [1.165, 1.54) is 42.7 Å². The zero-order chi connectivity index (χ0) is 23.6. The summed E-state index contributed by atoms with van der Waals surface area (Å²) in [5.41, 5.74) is 0.489. The summed E-state index contributed by atoms with van der Waals surface area (Å²) >= 11 is 1.26. The molecule has 0 unspecified atom stereocenters. The van der Waals surface area contributed by atoms with Crippen LogP contribution in [-0.4, -0.2) is 51.2 Å². The molecule has 3 aromatic rings. The maximum atomic E-state index is 13.3. The molecule has 1 aliphatic heterocycles. The average Bonchev–Trinajstić information content (AvgIpc) is 3.43. The van der Waals surface area contributed by atoms with E-state index in [9.17, 15) is 22.8 Å². The molecule has 3 amide bonds. The number of ether oxygens (including phenoxy) is 1. The van der Waals surface area contributed by atoms with Crippen LogP contribution in [0.3, 0.4) is 0 Å². The fraction of sp³-hybridized carbons (Fsp3) is 0.174. The molecule has 0 bridgehead atoms. The first-order valence-electron chi connectivity index (χ1n) is 9.96. The summed E-state index contributed by atoms with van der Waals surface area (Å²) < 4.78 is 31.8. The monoisotopic (exact) mass is 484 g/mol. The summed E-state index contributed by atoms with van der Waals surface area (Å²) in [6.45, 7) is -0.705. The van der Waals surface area contributed by atoms with Gasteiger partial charge in [0.1, 0.15) is 17.5 Å². The highest BCUT2D eigenvalue weighted by Gasteiger charge is 2.37. The van der Waals surface area contributed by atoms with Gasteiger partial charge in [0.05, 0.1) is 23.1 Å². The van der Waals surface area contributed by atoms with E-state index in [1.807, 2.05) is 0 Å². The second kappa shape index (κ2) is 9.16. The molecule has 1 atom stereocenters. The molecule has 1 N–H and O–H groups in total. The van der Waals surface area contributed by atoms with Gasteiger partial charge >= 0.3 is 0 Å². The Labute approximate surface area is 194 Å². The van der Waals surface area contributed by atoms with E-state index in [2.05, 4.69) is 5.32 Å². The van der Waals surface area contributed by atoms with Crippen molar-refractivity contribution in [3.8, 4) is 5.75 Å². The van der Waals surface area contributed by atoms with E-state index in [0.717, 1.165) is 4.90 Å². The first kappa shape index (κ1) is 22.7. The van der Waals surface area contributed by atoms with Crippen molar-refractivity contribution in [3.05, 3.63) is 82.0 Å². The van der Waals surface area contributed by atoms with Crippen LogP contribution in [0.15, 0.2) is 70.9 Å². The standard InChI is InChI=1S/C23H20N2O6S2/c1-31-15-8-10-16(11-9-15)33(29,30)20(19-7-4-12-32-19)13-24-21(26)14-25-22(27)17-5-2-3-6-18(17)23(25)28/h2-12,20H,13-14H2,1H3,(H,24,26)/t20-/m0/s1. The van der Waals surface area contributed by atoms with Crippen LogP contribution in [0.2, 0.25) is 0 Å². The van der Waals surface area contributed by atoms with Crippen molar-refractivity contribution in [3.63, 3.8) is 0 Å². The van der Waals surface area contributed by atoms with Crippen LogP contribution in [0, 0.1) is 0 Å². The van der Waals surface area contributed by atoms with Gasteiger partial charge in [0, 0.05) is 11.4 Å². The number of carbonyl (C=O) groups is 3. The van der Waals surface area contributed by atoms with Gasteiger partial charge in [0.25, 0.3) is 11.8 Å². The minimum atomic E-state index is -3.84. The lowest BCUT2D eigenvalue weighted by Gasteiger charge is -2.19. The average molecular weight is 485 g/mol. The van der Waals surface area contributed by atoms with Crippen LogP contribution in [0.25, 0.3) is 0 Å². The number of sulfone groups is 1. The summed E-state index contributed by atoms with van der Waals surface area (Å²) in [5.74, 6) is -1.20. The number of nitrogens with zero attached hydrogens (tertiary/aromatic N) is 1. The number of methoxy groups -OCH3 is 1. The predicted molar refractivity (Wildman–Crippen MR) is 122 cm³/mol. The van der Waals surface area contributed by atoms with E-state index < -0.39 is 39.4 Å². The molecule has 1 aromatic heterocycles. The van der Waals surface area contributed by atoms with Crippen LogP contribution in [-0.2, 0) is 14.6 Å². The number of rotatable bonds is 8. The van der Waals surface area contributed by atoms with Crippen molar-refractivity contribution < 1.29 is 27.5 Å². The number of hydrogen-bond donors (Lipinski definition) is 1. The highest BCUT2D eigenvalue weighted by atomic mass is 32.2. The number of thiophene rings is 1. The molecular weight excluding hydrogens is 464 g/mol. The highest BCUT2D eigenvalue weighted by Crippen LogP contribution is 2.32. The fourth-order valence-electron chi connectivity index (χ4n) is 3.56.